The third-order valence-corrected chi connectivity index (χ3v) is 2.97. The largest absolute Gasteiger partial charge is 0.380 e. The van der Waals surface area contributed by atoms with E-state index < -0.39 is 0 Å². The lowest BCUT2D eigenvalue weighted by Gasteiger charge is -2.18. The number of benzene rings is 1. The smallest absolute Gasteiger partial charge is 0.216 e. The zero-order valence-electron chi connectivity index (χ0n) is 9.62. The number of carbonyl (C=O) groups excluding carboxylic acids is 1. The van der Waals surface area contributed by atoms with Gasteiger partial charge in [0.25, 0.3) is 0 Å². The summed E-state index contributed by atoms with van der Waals surface area (Å²) >= 11 is 0. The normalized spacial score (nSPS) is 19.2. The monoisotopic (exact) mass is 218 g/mol. The summed E-state index contributed by atoms with van der Waals surface area (Å²) in [7, 11) is 0. The van der Waals surface area contributed by atoms with Crippen LogP contribution in [-0.2, 0) is 11.2 Å². The maximum atomic E-state index is 10.9. The number of aryl methyl sites for hydroxylation is 1. The highest BCUT2D eigenvalue weighted by Gasteiger charge is 2.15. The molecule has 0 spiro atoms. The molecule has 2 N–H and O–H groups in total. The van der Waals surface area contributed by atoms with E-state index in [9.17, 15) is 4.79 Å². The first-order chi connectivity index (χ1) is 7.75. The molecule has 1 heterocycles. The fraction of sp³-hybridized carbons (Fsp3) is 0.462. The van der Waals surface area contributed by atoms with Crippen molar-refractivity contribution in [3.8, 4) is 0 Å². The fourth-order valence-corrected chi connectivity index (χ4v) is 2.13. The number of nitrogens with one attached hydrogen (secondary N) is 2. The summed E-state index contributed by atoms with van der Waals surface area (Å²) in [6.45, 7) is 2.27. The second-order valence-electron chi connectivity index (χ2n) is 4.33. The van der Waals surface area contributed by atoms with Gasteiger partial charge in [0.2, 0.25) is 5.91 Å². The van der Waals surface area contributed by atoms with Crippen molar-refractivity contribution < 1.29 is 4.79 Å². The molecule has 0 radical (unpaired) electrons. The van der Waals surface area contributed by atoms with E-state index in [1.165, 1.54) is 17.7 Å². The van der Waals surface area contributed by atoms with Crippen LogP contribution in [0, 0.1) is 0 Å². The molecule has 3 heteroatoms. The SMILES string of the molecule is CC(=O)NCC1CCCc2ccccc2N1. The van der Waals surface area contributed by atoms with Crippen LogP contribution >= 0.6 is 0 Å². The van der Waals surface area contributed by atoms with E-state index in [1.807, 2.05) is 6.07 Å². The van der Waals surface area contributed by atoms with Crippen molar-refractivity contribution in [3.05, 3.63) is 29.8 Å². The summed E-state index contributed by atoms with van der Waals surface area (Å²) < 4.78 is 0. The minimum absolute atomic E-state index is 0.0410. The van der Waals surface area contributed by atoms with Crippen LogP contribution in [0.5, 0.6) is 0 Å². The van der Waals surface area contributed by atoms with Crippen LogP contribution in [0.3, 0.4) is 0 Å². The first kappa shape index (κ1) is 11.0. The van der Waals surface area contributed by atoms with E-state index in [0.29, 0.717) is 12.6 Å². The zero-order chi connectivity index (χ0) is 11.4. The predicted molar refractivity (Wildman–Crippen MR) is 65.5 cm³/mol. The van der Waals surface area contributed by atoms with Gasteiger partial charge in [0.05, 0.1) is 0 Å². The number of hydrogen-bond donors (Lipinski definition) is 2. The highest BCUT2D eigenvalue weighted by atomic mass is 16.1. The molecular weight excluding hydrogens is 200 g/mol. The molecule has 2 rings (SSSR count). The lowest BCUT2D eigenvalue weighted by Crippen LogP contribution is -2.34. The molecule has 1 aromatic carbocycles. The Labute approximate surface area is 96.2 Å². The second-order valence-corrected chi connectivity index (χ2v) is 4.33. The van der Waals surface area contributed by atoms with E-state index in [0.717, 1.165) is 12.8 Å². The Morgan fingerprint density at radius 3 is 3.12 bits per heavy atom. The minimum atomic E-state index is 0.0410. The average Bonchev–Trinajstić information content (AvgIpc) is 2.47. The van der Waals surface area contributed by atoms with E-state index in [4.69, 9.17) is 0 Å². The Bertz CT molecular complexity index is 376. The molecule has 1 aliphatic rings. The number of carbonyl (C=O) groups is 1. The molecule has 0 aromatic heterocycles. The maximum Gasteiger partial charge on any atom is 0.216 e. The van der Waals surface area contributed by atoms with Crippen LogP contribution in [0.25, 0.3) is 0 Å². The summed E-state index contributed by atoms with van der Waals surface area (Å²) in [4.78, 5) is 10.9. The molecule has 1 aliphatic heterocycles. The number of anilines is 1. The standard InChI is InChI=1S/C13H18N2O/c1-10(16)14-9-12-7-4-6-11-5-2-3-8-13(11)15-12/h2-3,5,8,12,15H,4,6-7,9H2,1H3,(H,14,16). The molecule has 0 bridgehead atoms. The summed E-state index contributed by atoms with van der Waals surface area (Å²) in [5, 5.41) is 6.37. The van der Waals surface area contributed by atoms with Gasteiger partial charge in [-0.3, -0.25) is 4.79 Å². The Morgan fingerprint density at radius 2 is 2.31 bits per heavy atom. The summed E-state index contributed by atoms with van der Waals surface area (Å²) in [5.41, 5.74) is 2.60. The summed E-state index contributed by atoms with van der Waals surface area (Å²) in [6, 6.07) is 8.76. The van der Waals surface area contributed by atoms with Crippen molar-refractivity contribution in [1.82, 2.24) is 5.32 Å². The van der Waals surface area contributed by atoms with E-state index in [2.05, 4.69) is 28.8 Å². The quantitative estimate of drug-likeness (QED) is 0.796. The Hall–Kier alpha value is -1.51. The molecule has 1 amide bonds. The van der Waals surface area contributed by atoms with Gasteiger partial charge in [-0.2, -0.15) is 0 Å². The first-order valence-corrected chi connectivity index (χ1v) is 5.84. The van der Waals surface area contributed by atoms with Crippen LogP contribution in [0.15, 0.2) is 24.3 Å². The van der Waals surface area contributed by atoms with Crippen molar-refractivity contribution in [2.24, 2.45) is 0 Å². The molecule has 0 aliphatic carbocycles. The van der Waals surface area contributed by atoms with Crippen molar-refractivity contribution in [3.63, 3.8) is 0 Å². The molecule has 0 saturated carbocycles. The number of para-hydroxylation sites is 1. The first-order valence-electron chi connectivity index (χ1n) is 5.84. The molecular formula is C13H18N2O. The van der Waals surface area contributed by atoms with Crippen LogP contribution in [0.1, 0.15) is 25.3 Å². The topological polar surface area (TPSA) is 41.1 Å². The lowest BCUT2D eigenvalue weighted by atomic mass is 10.1. The molecule has 1 aromatic rings. The molecule has 0 fully saturated rings. The number of hydrogen-bond acceptors (Lipinski definition) is 2. The highest BCUT2D eigenvalue weighted by molar-refractivity contribution is 5.72. The van der Waals surface area contributed by atoms with Gasteiger partial charge in [0, 0.05) is 25.2 Å². The average molecular weight is 218 g/mol. The third kappa shape index (κ3) is 2.75. The molecule has 3 nitrogen and oxygen atoms in total. The molecule has 86 valence electrons. The maximum absolute atomic E-state index is 10.9. The molecule has 0 saturated heterocycles. The fourth-order valence-electron chi connectivity index (χ4n) is 2.13. The van der Waals surface area contributed by atoms with Gasteiger partial charge in [0.1, 0.15) is 0 Å². The Kier molecular flexibility index (Phi) is 3.44. The number of amides is 1. The van der Waals surface area contributed by atoms with Gasteiger partial charge in [-0.05, 0) is 30.9 Å². The van der Waals surface area contributed by atoms with Gasteiger partial charge >= 0.3 is 0 Å². The molecule has 16 heavy (non-hydrogen) atoms. The van der Waals surface area contributed by atoms with Crippen LogP contribution < -0.4 is 10.6 Å². The van der Waals surface area contributed by atoms with E-state index in [1.54, 1.807) is 6.92 Å². The van der Waals surface area contributed by atoms with Crippen molar-refractivity contribution >= 4 is 11.6 Å². The van der Waals surface area contributed by atoms with Crippen molar-refractivity contribution in [2.75, 3.05) is 11.9 Å². The number of rotatable bonds is 2. The van der Waals surface area contributed by atoms with Crippen LogP contribution in [0.2, 0.25) is 0 Å². The lowest BCUT2D eigenvalue weighted by molar-refractivity contribution is -0.119. The zero-order valence-corrected chi connectivity index (χ0v) is 9.62. The van der Waals surface area contributed by atoms with E-state index >= 15 is 0 Å². The predicted octanol–water partition coefficient (Wildman–Crippen LogP) is 1.94. The van der Waals surface area contributed by atoms with Gasteiger partial charge in [0.15, 0.2) is 0 Å². The Morgan fingerprint density at radius 1 is 1.50 bits per heavy atom. The molecule has 1 unspecified atom stereocenters. The highest BCUT2D eigenvalue weighted by Crippen LogP contribution is 2.23. The Balaban J connectivity index is 2.02. The van der Waals surface area contributed by atoms with Crippen LogP contribution in [0.4, 0.5) is 5.69 Å². The molecule has 1 atom stereocenters. The second kappa shape index (κ2) is 5.01. The van der Waals surface area contributed by atoms with Gasteiger partial charge in [-0.15, -0.1) is 0 Å². The summed E-state index contributed by atoms with van der Waals surface area (Å²) in [5.74, 6) is 0.0410. The van der Waals surface area contributed by atoms with E-state index in [-0.39, 0.29) is 5.91 Å². The minimum Gasteiger partial charge on any atom is -0.380 e. The summed E-state index contributed by atoms with van der Waals surface area (Å²) in [6.07, 6.45) is 3.41. The van der Waals surface area contributed by atoms with Crippen LogP contribution in [-0.4, -0.2) is 18.5 Å². The van der Waals surface area contributed by atoms with Crippen molar-refractivity contribution in [1.29, 1.82) is 0 Å². The van der Waals surface area contributed by atoms with Crippen molar-refractivity contribution in [2.45, 2.75) is 32.2 Å². The van der Waals surface area contributed by atoms with Gasteiger partial charge in [-0.1, -0.05) is 18.2 Å². The van der Waals surface area contributed by atoms with Gasteiger partial charge < -0.3 is 10.6 Å². The number of fused-ring (bicyclic) bond motifs is 1. The third-order valence-electron chi connectivity index (χ3n) is 2.97. The van der Waals surface area contributed by atoms with Gasteiger partial charge in [-0.25, -0.2) is 0 Å².